The molecule has 0 saturated heterocycles. The van der Waals surface area contributed by atoms with Gasteiger partial charge in [0.25, 0.3) is 0 Å². The summed E-state index contributed by atoms with van der Waals surface area (Å²) < 4.78 is 12.7. The van der Waals surface area contributed by atoms with Crippen LogP contribution in [0.15, 0.2) is 189 Å². The molecule has 0 spiro atoms. The number of nitrogens with two attached hydrogens (primary N) is 3. The summed E-state index contributed by atoms with van der Waals surface area (Å²) >= 11 is 6.85. The summed E-state index contributed by atoms with van der Waals surface area (Å²) in [5, 5.41) is 12.8. The predicted molar refractivity (Wildman–Crippen MR) is 359 cm³/mol. The minimum absolute atomic E-state index is 0.0925. The summed E-state index contributed by atoms with van der Waals surface area (Å²) in [7, 11) is 3.37. The zero-order valence-corrected chi connectivity index (χ0v) is 51.3. The highest BCUT2D eigenvalue weighted by Gasteiger charge is 2.29. The Morgan fingerprint density at radius 3 is 1.76 bits per heavy atom. The number of rotatable bonds is 6. The van der Waals surface area contributed by atoms with Crippen LogP contribution in [-0.4, -0.2) is 78.9 Å². The Hall–Kier alpha value is -10.7. The van der Waals surface area contributed by atoms with Crippen molar-refractivity contribution in [1.82, 2.24) is 50.4 Å². The Morgan fingerprint density at radius 2 is 1.11 bits per heavy atom. The molecule has 5 aromatic carbocycles. The van der Waals surface area contributed by atoms with Crippen molar-refractivity contribution in [3.8, 4) is 59.5 Å². The summed E-state index contributed by atoms with van der Waals surface area (Å²) in [6.07, 6.45) is 25.7. The number of halogens is 2. The molecule has 0 saturated carbocycles. The number of aliphatic imine (C=N–C) groups is 2. The first-order valence-corrected chi connectivity index (χ1v) is 29.0. The monoisotopic (exact) mass is 1290 g/mol. The van der Waals surface area contributed by atoms with Crippen molar-refractivity contribution in [1.29, 1.82) is 0 Å². The van der Waals surface area contributed by atoms with E-state index >= 15 is 0 Å². The first kappa shape index (κ1) is 60.4. The molecule has 5 aromatic heterocycles. The SMILES string of the molecule is C#CC.C#Cc1ccc2c(N)nccc2c1.COc1ccc2c(c1)CN(C1N=CC=C(C3N=CC=C(Br)N3)N1)C2.COc1ccc2c(c1)CN(c1nccc(-c3nccc(C#Cc4ccc5c(N)nccc5c4)n3)n1)C2.Nc1nccc2cc(Br)ccc12. The van der Waals surface area contributed by atoms with Crippen molar-refractivity contribution in [2.45, 2.75) is 45.6 Å². The van der Waals surface area contributed by atoms with E-state index < -0.39 is 0 Å². The Labute approximate surface area is 526 Å². The third kappa shape index (κ3) is 14.9. The van der Waals surface area contributed by atoms with Gasteiger partial charge in [-0.25, -0.2) is 34.9 Å². The molecule has 0 aliphatic carbocycles. The lowest BCUT2D eigenvalue weighted by Gasteiger charge is -2.31. The Balaban J connectivity index is 0.000000140. The fourth-order valence-corrected chi connectivity index (χ4v) is 10.5. The molecule has 2 atom stereocenters. The molecule has 0 fully saturated rings. The lowest BCUT2D eigenvalue weighted by Crippen LogP contribution is -2.47. The van der Waals surface area contributed by atoms with Gasteiger partial charge in [-0.15, -0.1) is 18.8 Å². The summed E-state index contributed by atoms with van der Waals surface area (Å²) in [5.41, 5.74) is 26.4. The van der Waals surface area contributed by atoms with Gasteiger partial charge in [-0.3, -0.25) is 14.9 Å². The van der Waals surface area contributed by atoms with Crippen LogP contribution in [0.3, 0.4) is 0 Å². The van der Waals surface area contributed by atoms with E-state index in [1.54, 1.807) is 64.4 Å². The van der Waals surface area contributed by atoms with Gasteiger partial charge in [-0.1, -0.05) is 39.9 Å². The van der Waals surface area contributed by atoms with Gasteiger partial charge in [0.1, 0.15) is 40.3 Å². The van der Waals surface area contributed by atoms with E-state index in [0.717, 1.165) is 95.9 Å². The van der Waals surface area contributed by atoms with Crippen molar-refractivity contribution in [2.75, 3.05) is 36.3 Å². The van der Waals surface area contributed by atoms with Gasteiger partial charge in [0, 0.05) is 101 Å². The average molecular weight is 1290 g/mol. The molecule has 2 unspecified atom stereocenters. The number of hydrogen-bond donors (Lipinski definition) is 5. The van der Waals surface area contributed by atoms with Gasteiger partial charge in [0.2, 0.25) is 5.95 Å². The number of benzene rings is 5. The number of fused-ring (bicyclic) bond motifs is 5. The van der Waals surface area contributed by atoms with E-state index in [1.165, 1.54) is 22.3 Å². The van der Waals surface area contributed by atoms with Gasteiger partial charge in [0.05, 0.1) is 24.5 Å². The molecular formula is C68H58Br2N16O2. The molecule has 10 aromatic rings. The second-order valence-electron chi connectivity index (χ2n) is 19.8. The smallest absolute Gasteiger partial charge is 0.226 e. The van der Waals surface area contributed by atoms with E-state index in [-0.39, 0.29) is 12.5 Å². The minimum atomic E-state index is -0.122. The van der Waals surface area contributed by atoms with Crippen LogP contribution in [-0.2, 0) is 26.2 Å². The van der Waals surface area contributed by atoms with Crippen LogP contribution in [0.4, 0.5) is 23.4 Å². The summed E-state index contributed by atoms with van der Waals surface area (Å²) in [4.78, 5) is 43.8. The fraction of sp³-hybridized carbons (Fsp3) is 0.132. The Kier molecular flexibility index (Phi) is 19.5. The second kappa shape index (κ2) is 28.5. The maximum absolute atomic E-state index is 5.95. The van der Waals surface area contributed by atoms with Crippen molar-refractivity contribution in [3.63, 3.8) is 0 Å². The predicted octanol–water partition coefficient (Wildman–Crippen LogP) is 11.1. The zero-order valence-electron chi connectivity index (χ0n) is 48.1. The Bertz CT molecular complexity index is 4510. The van der Waals surface area contributed by atoms with Crippen LogP contribution < -0.4 is 42.2 Å². The largest absolute Gasteiger partial charge is 0.497 e. The highest BCUT2D eigenvalue weighted by atomic mass is 79.9. The molecule has 8 N–H and O–H groups in total. The highest BCUT2D eigenvalue weighted by Crippen LogP contribution is 2.32. The number of ether oxygens (including phenoxy) is 2. The molecule has 4 aliphatic heterocycles. The van der Waals surface area contributed by atoms with Crippen LogP contribution in [0, 0.1) is 36.5 Å². The molecule has 18 nitrogen and oxygen atoms in total. The molecule has 4 aliphatic rings. The molecule has 88 heavy (non-hydrogen) atoms. The quantitative estimate of drug-likeness (QED) is 0.0768. The summed E-state index contributed by atoms with van der Waals surface area (Å²) in [6.45, 7) is 4.82. The molecular weight excluding hydrogens is 1230 g/mol. The third-order valence-corrected chi connectivity index (χ3v) is 15.1. The molecule has 436 valence electrons. The lowest BCUT2D eigenvalue weighted by atomic mass is 10.1. The minimum Gasteiger partial charge on any atom is -0.497 e. The number of anilines is 4. The number of nitrogens with zero attached hydrogens (tertiary/aromatic N) is 11. The van der Waals surface area contributed by atoms with Crippen LogP contribution >= 0.6 is 31.9 Å². The molecule has 9 heterocycles. The van der Waals surface area contributed by atoms with Crippen LogP contribution in [0.25, 0.3) is 43.8 Å². The average Bonchev–Trinajstić information content (AvgIpc) is 2.71. The first-order chi connectivity index (χ1) is 42.9. The van der Waals surface area contributed by atoms with Crippen molar-refractivity contribution in [3.05, 3.63) is 218 Å². The van der Waals surface area contributed by atoms with Gasteiger partial charge >= 0.3 is 0 Å². The Morgan fingerprint density at radius 1 is 0.557 bits per heavy atom. The summed E-state index contributed by atoms with van der Waals surface area (Å²) in [6, 6.07) is 39.2. The first-order valence-electron chi connectivity index (χ1n) is 27.5. The topological polar surface area (TPSA) is 242 Å². The van der Waals surface area contributed by atoms with Gasteiger partial charge in [-0.05, 0) is 189 Å². The van der Waals surface area contributed by atoms with Crippen LogP contribution in [0.2, 0.25) is 0 Å². The van der Waals surface area contributed by atoms with Crippen LogP contribution in [0.5, 0.6) is 11.5 Å². The molecule has 0 amide bonds. The van der Waals surface area contributed by atoms with Crippen LogP contribution in [0.1, 0.15) is 46.0 Å². The second-order valence-corrected chi connectivity index (χ2v) is 21.6. The number of pyridine rings is 3. The standard InChI is InChI=1S/C28H21N7O.C17H18BrN5O.C11H8N2.C9H7BrN2.C3H4/c1-36-23-6-4-20-16-35(17-21(20)15-23)28-32-13-10-25(34-28)27-31-12-9-22(33-27)5-2-18-3-7-24-19(14-18)8-11-30-26(24)29;1-24-13-3-2-11-9-23(10-12(11)8-13)17-20-6-4-14(21-17)16-19-7-5-15(18)22-16;1-2-8-3-4-10-9(7-8)5-6-13-11(10)12;10-7-1-2-8-6(5-7)3-4-12-9(8)11;1-3-2/h3-4,6-15H,16-17H2,1H3,(H2,29,30);2-8,16-17,21-22H,9-10H2,1H3;1,3-7H,(H2,12,13);1-5H,(H2,11,12);1H,2H3. The van der Waals surface area contributed by atoms with Crippen molar-refractivity contribution in [2.24, 2.45) is 9.98 Å². The van der Waals surface area contributed by atoms with Crippen molar-refractivity contribution >= 4 is 100 Å². The summed E-state index contributed by atoms with van der Waals surface area (Å²) in [5.74, 6) is 15.6. The van der Waals surface area contributed by atoms with E-state index in [2.05, 4.69) is 147 Å². The van der Waals surface area contributed by atoms with E-state index in [1.807, 2.05) is 109 Å². The number of nitrogen functional groups attached to an aromatic ring is 3. The van der Waals surface area contributed by atoms with Crippen molar-refractivity contribution < 1.29 is 9.47 Å². The molecule has 0 radical (unpaired) electrons. The maximum atomic E-state index is 5.95. The third-order valence-electron chi connectivity index (χ3n) is 14.1. The number of nitrogens with one attached hydrogen (secondary N) is 2. The molecule has 14 rings (SSSR count). The highest BCUT2D eigenvalue weighted by molar-refractivity contribution is 9.11. The molecule has 0 bridgehead atoms. The number of aromatic nitrogens is 7. The maximum Gasteiger partial charge on any atom is 0.226 e. The normalized spacial score (nSPS) is 14.9. The zero-order chi connectivity index (χ0) is 61.5. The number of allylic oxidation sites excluding steroid dienone is 2. The van der Waals surface area contributed by atoms with E-state index in [4.69, 9.17) is 38.1 Å². The lowest BCUT2D eigenvalue weighted by molar-refractivity contribution is 0.178. The van der Waals surface area contributed by atoms with Gasteiger partial charge in [0.15, 0.2) is 18.3 Å². The van der Waals surface area contributed by atoms with E-state index in [9.17, 15) is 0 Å². The number of hydrogen-bond acceptors (Lipinski definition) is 18. The number of methoxy groups -OCH3 is 2. The van der Waals surface area contributed by atoms with E-state index in [0.29, 0.717) is 40.6 Å². The molecule has 20 heteroatoms. The van der Waals surface area contributed by atoms with Gasteiger partial charge < -0.3 is 42.2 Å². The number of terminal acetylenes is 2. The van der Waals surface area contributed by atoms with Gasteiger partial charge in [-0.2, -0.15) is 0 Å². The fourth-order valence-electron chi connectivity index (χ4n) is 9.76.